The number of fused-ring (bicyclic) bond motifs is 2. The summed E-state index contributed by atoms with van der Waals surface area (Å²) in [6.07, 6.45) is 4.05. The second kappa shape index (κ2) is 5.43. The molecule has 2 aliphatic rings. The number of likely N-dealkylation sites (N-methyl/N-ethyl adjacent to an activating group) is 1. The van der Waals surface area contributed by atoms with Gasteiger partial charge < -0.3 is 5.73 Å². The number of rotatable bonds is 2. The summed E-state index contributed by atoms with van der Waals surface area (Å²) in [7, 11) is 2.30. The maximum atomic E-state index is 5.97. The molecule has 1 aromatic rings. The van der Waals surface area contributed by atoms with Crippen LogP contribution < -0.4 is 5.73 Å². The molecule has 104 valence electrons. The van der Waals surface area contributed by atoms with E-state index in [0.29, 0.717) is 0 Å². The van der Waals surface area contributed by atoms with Crippen LogP contribution in [0, 0.1) is 0 Å². The Morgan fingerprint density at radius 1 is 1.26 bits per heavy atom. The average Bonchev–Trinajstić information content (AvgIpc) is 2.62. The van der Waals surface area contributed by atoms with Crippen molar-refractivity contribution in [1.29, 1.82) is 0 Å². The molecule has 3 rings (SSSR count). The van der Waals surface area contributed by atoms with E-state index in [2.05, 4.69) is 51.0 Å². The number of anilines is 1. The van der Waals surface area contributed by atoms with Gasteiger partial charge in [-0.3, -0.25) is 9.80 Å². The van der Waals surface area contributed by atoms with E-state index in [1.54, 1.807) is 0 Å². The van der Waals surface area contributed by atoms with Gasteiger partial charge in [-0.25, -0.2) is 0 Å². The first kappa shape index (κ1) is 13.4. The minimum atomic E-state index is 0.750. The molecule has 3 nitrogen and oxygen atoms in total. The van der Waals surface area contributed by atoms with Gasteiger partial charge in [-0.2, -0.15) is 0 Å². The largest absolute Gasteiger partial charge is 0.398 e. The first-order valence-corrected chi connectivity index (χ1v) is 7.91. The van der Waals surface area contributed by atoms with Gasteiger partial charge in [0.25, 0.3) is 0 Å². The zero-order valence-corrected chi connectivity index (χ0v) is 13.1. The van der Waals surface area contributed by atoms with Crippen molar-refractivity contribution in [3.63, 3.8) is 0 Å². The van der Waals surface area contributed by atoms with Crippen LogP contribution in [0.5, 0.6) is 0 Å². The quantitative estimate of drug-likeness (QED) is 0.849. The molecular formula is C15H22BrN3. The Balaban J connectivity index is 1.68. The molecule has 0 spiro atoms. The molecule has 1 aromatic carbocycles. The molecule has 0 radical (unpaired) electrons. The van der Waals surface area contributed by atoms with Crippen LogP contribution in [0.3, 0.4) is 0 Å². The third-order valence-electron chi connectivity index (χ3n) is 4.70. The van der Waals surface area contributed by atoms with Gasteiger partial charge in [0, 0.05) is 41.9 Å². The molecule has 2 atom stereocenters. The van der Waals surface area contributed by atoms with Crippen molar-refractivity contribution in [3.05, 3.63) is 28.2 Å². The van der Waals surface area contributed by atoms with Crippen LogP contribution in [-0.4, -0.2) is 42.0 Å². The van der Waals surface area contributed by atoms with Gasteiger partial charge in [0.1, 0.15) is 0 Å². The third-order valence-corrected chi connectivity index (χ3v) is 5.42. The second-order valence-corrected chi connectivity index (χ2v) is 6.78. The number of likely N-dealkylation sites (tertiary alicyclic amines) is 1. The summed E-state index contributed by atoms with van der Waals surface area (Å²) in [6, 6.07) is 7.88. The van der Waals surface area contributed by atoms with E-state index in [4.69, 9.17) is 5.73 Å². The molecule has 0 amide bonds. The third kappa shape index (κ3) is 2.81. The molecule has 2 unspecified atom stereocenters. The SMILES string of the molecule is CN1C2CCC1CN(Cc1ccc(Br)c(N)c1)CC2. The minimum absolute atomic E-state index is 0.750. The molecular weight excluding hydrogens is 302 g/mol. The van der Waals surface area contributed by atoms with Gasteiger partial charge in [-0.1, -0.05) is 6.07 Å². The van der Waals surface area contributed by atoms with Crippen LogP contribution in [0.1, 0.15) is 24.8 Å². The first-order valence-electron chi connectivity index (χ1n) is 7.11. The number of nitrogens with two attached hydrogens (primary N) is 1. The van der Waals surface area contributed by atoms with E-state index in [1.165, 1.54) is 37.9 Å². The lowest BCUT2D eigenvalue weighted by atomic mass is 10.1. The topological polar surface area (TPSA) is 32.5 Å². The molecule has 0 aliphatic carbocycles. The monoisotopic (exact) mass is 323 g/mol. The average molecular weight is 324 g/mol. The highest BCUT2D eigenvalue weighted by Crippen LogP contribution is 2.29. The molecule has 19 heavy (non-hydrogen) atoms. The summed E-state index contributed by atoms with van der Waals surface area (Å²) >= 11 is 3.46. The highest BCUT2D eigenvalue weighted by Gasteiger charge is 2.34. The smallest absolute Gasteiger partial charge is 0.0461 e. The van der Waals surface area contributed by atoms with Crippen LogP contribution in [0.25, 0.3) is 0 Å². The number of hydrogen-bond acceptors (Lipinski definition) is 3. The van der Waals surface area contributed by atoms with Crippen LogP contribution in [0.15, 0.2) is 22.7 Å². The molecule has 2 fully saturated rings. The number of halogens is 1. The first-order chi connectivity index (χ1) is 9.13. The van der Waals surface area contributed by atoms with Gasteiger partial charge in [-0.05, 0) is 59.9 Å². The Morgan fingerprint density at radius 3 is 2.84 bits per heavy atom. The summed E-state index contributed by atoms with van der Waals surface area (Å²) < 4.78 is 0.992. The molecule has 0 aromatic heterocycles. The van der Waals surface area contributed by atoms with E-state index < -0.39 is 0 Å². The number of nitrogen functional groups attached to an aromatic ring is 1. The molecule has 2 heterocycles. The highest BCUT2D eigenvalue weighted by atomic mass is 79.9. The van der Waals surface area contributed by atoms with Gasteiger partial charge in [0.15, 0.2) is 0 Å². The van der Waals surface area contributed by atoms with E-state index >= 15 is 0 Å². The van der Waals surface area contributed by atoms with Crippen molar-refractivity contribution in [2.45, 2.75) is 37.9 Å². The molecule has 0 saturated carbocycles. The van der Waals surface area contributed by atoms with Crippen LogP contribution >= 0.6 is 15.9 Å². The van der Waals surface area contributed by atoms with Gasteiger partial charge >= 0.3 is 0 Å². The summed E-state index contributed by atoms with van der Waals surface area (Å²) in [4.78, 5) is 5.18. The maximum absolute atomic E-state index is 5.97. The van der Waals surface area contributed by atoms with Crippen LogP contribution in [0.2, 0.25) is 0 Å². The van der Waals surface area contributed by atoms with Crippen molar-refractivity contribution in [1.82, 2.24) is 9.80 Å². The van der Waals surface area contributed by atoms with Gasteiger partial charge in [-0.15, -0.1) is 0 Å². The minimum Gasteiger partial charge on any atom is -0.398 e. The summed E-state index contributed by atoms with van der Waals surface area (Å²) in [5, 5.41) is 0. The van der Waals surface area contributed by atoms with Crippen molar-refractivity contribution in [2.24, 2.45) is 0 Å². The number of nitrogens with zero attached hydrogens (tertiary/aromatic N) is 2. The zero-order valence-electron chi connectivity index (χ0n) is 11.5. The molecule has 2 aliphatic heterocycles. The Hall–Kier alpha value is -0.580. The van der Waals surface area contributed by atoms with Crippen LogP contribution in [-0.2, 0) is 6.54 Å². The molecule has 2 bridgehead atoms. The van der Waals surface area contributed by atoms with E-state index in [9.17, 15) is 0 Å². The standard InChI is InChI=1S/C15H22BrN3/c1-18-12-3-4-13(18)10-19(7-6-12)9-11-2-5-14(16)15(17)8-11/h2,5,8,12-13H,3-4,6-7,9-10,17H2,1H3. The summed E-state index contributed by atoms with van der Waals surface area (Å²) in [5.74, 6) is 0. The Labute approximate surface area is 123 Å². The normalized spacial score (nSPS) is 28.5. The second-order valence-electron chi connectivity index (χ2n) is 5.93. The fourth-order valence-electron chi connectivity index (χ4n) is 3.47. The lowest BCUT2D eigenvalue weighted by Gasteiger charge is -2.25. The lowest BCUT2D eigenvalue weighted by molar-refractivity contribution is 0.214. The van der Waals surface area contributed by atoms with Crippen molar-refractivity contribution in [2.75, 3.05) is 25.9 Å². The van der Waals surface area contributed by atoms with Crippen LogP contribution in [0.4, 0.5) is 5.69 Å². The Kier molecular flexibility index (Phi) is 3.83. The van der Waals surface area contributed by atoms with Crippen molar-refractivity contribution in [3.8, 4) is 0 Å². The molecule has 4 heteroatoms. The Bertz CT molecular complexity index is 463. The molecule has 2 saturated heterocycles. The fourth-order valence-corrected chi connectivity index (χ4v) is 3.72. The van der Waals surface area contributed by atoms with Crippen molar-refractivity contribution < 1.29 is 0 Å². The predicted molar refractivity (Wildman–Crippen MR) is 83.0 cm³/mol. The maximum Gasteiger partial charge on any atom is 0.0461 e. The van der Waals surface area contributed by atoms with Gasteiger partial charge in [0.2, 0.25) is 0 Å². The number of hydrogen-bond donors (Lipinski definition) is 1. The summed E-state index contributed by atoms with van der Waals surface area (Å²) in [5.41, 5.74) is 8.12. The lowest BCUT2D eigenvalue weighted by Crippen LogP contribution is -2.36. The Morgan fingerprint density at radius 2 is 2.05 bits per heavy atom. The van der Waals surface area contributed by atoms with E-state index in [1.807, 2.05) is 0 Å². The van der Waals surface area contributed by atoms with E-state index in [-0.39, 0.29) is 0 Å². The molecule has 2 N–H and O–H groups in total. The highest BCUT2D eigenvalue weighted by molar-refractivity contribution is 9.10. The zero-order chi connectivity index (χ0) is 13.4. The fraction of sp³-hybridized carbons (Fsp3) is 0.600. The summed E-state index contributed by atoms with van der Waals surface area (Å²) in [6.45, 7) is 3.43. The predicted octanol–water partition coefficient (Wildman–Crippen LogP) is 2.70. The van der Waals surface area contributed by atoms with Gasteiger partial charge in [0.05, 0.1) is 0 Å². The number of benzene rings is 1. The van der Waals surface area contributed by atoms with E-state index in [0.717, 1.165) is 28.8 Å². The van der Waals surface area contributed by atoms with Crippen molar-refractivity contribution >= 4 is 21.6 Å².